The molecule has 1 aromatic heterocycles. The molecule has 1 heterocycles. The summed E-state index contributed by atoms with van der Waals surface area (Å²) < 4.78 is 39.5. The van der Waals surface area contributed by atoms with Crippen molar-refractivity contribution in [3.63, 3.8) is 0 Å². The van der Waals surface area contributed by atoms with Crippen LogP contribution in [0.5, 0.6) is 17.4 Å². The van der Waals surface area contributed by atoms with Gasteiger partial charge < -0.3 is 14.6 Å². The molecule has 3 N–H and O–H groups in total. The van der Waals surface area contributed by atoms with Gasteiger partial charge in [-0.25, -0.2) is 17.8 Å². The average molecular weight is 523 g/mol. The second-order valence-electron chi connectivity index (χ2n) is 7.57. The molecule has 0 amide bonds. The lowest BCUT2D eigenvalue weighted by Gasteiger charge is -2.13. The molecule has 0 saturated heterocycles. The lowest BCUT2D eigenvalue weighted by molar-refractivity contribution is 0.401. The molecular weight excluding hydrogens is 500 g/mol. The van der Waals surface area contributed by atoms with Crippen molar-refractivity contribution in [1.82, 2.24) is 9.55 Å². The maximum absolute atomic E-state index is 12.8. The van der Waals surface area contributed by atoms with E-state index >= 15 is 0 Å². The first-order valence-corrected chi connectivity index (χ1v) is 12.2. The highest BCUT2D eigenvalue weighted by Gasteiger charge is 2.19. The van der Waals surface area contributed by atoms with E-state index in [1.807, 2.05) is 0 Å². The third kappa shape index (κ3) is 5.23. The number of hydrogen-bond donors (Lipinski definition) is 3. The van der Waals surface area contributed by atoms with Gasteiger partial charge in [-0.1, -0.05) is 30.3 Å². The Morgan fingerprint density at radius 1 is 0.946 bits per heavy atom. The predicted octanol–water partition coefficient (Wildman–Crippen LogP) is 2.80. The van der Waals surface area contributed by atoms with Crippen LogP contribution in [-0.4, -0.2) is 43.5 Å². The molecule has 11 nitrogen and oxygen atoms in total. The maximum atomic E-state index is 12.8. The van der Waals surface area contributed by atoms with Gasteiger partial charge in [-0.3, -0.25) is 19.5 Å². The molecule has 0 aliphatic rings. The minimum atomic E-state index is -3.92. The van der Waals surface area contributed by atoms with E-state index < -0.39 is 27.2 Å². The van der Waals surface area contributed by atoms with Crippen molar-refractivity contribution in [1.29, 1.82) is 0 Å². The van der Waals surface area contributed by atoms with Crippen molar-refractivity contribution in [3.8, 4) is 23.1 Å². The van der Waals surface area contributed by atoms with Crippen LogP contribution in [0.25, 0.3) is 5.69 Å². The Morgan fingerprint density at radius 3 is 2.32 bits per heavy atom. The molecule has 0 spiro atoms. The predicted molar refractivity (Wildman–Crippen MR) is 138 cm³/mol. The van der Waals surface area contributed by atoms with Crippen LogP contribution in [0.3, 0.4) is 0 Å². The monoisotopic (exact) mass is 522 g/mol. The smallest absolute Gasteiger partial charge is 0.335 e. The van der Waals surface area contributed by atoms with Gasteiger partial charge in [0.2, 0.25) is 5.88 Å². The number of aromatic nitrogens is 2. The molecule has 0 unspecified atom stereocenters. The molecule has 0 saturated carbocycles. The highest BCUT2D eigenvalue weighted by atomic mass is 32.2. The lowest BCUT2D eigenvalue weighted by Crippen LogP contribution is -2.31. The summed E-state index contributed by atoms with van der Waals surface area (Å²) in [5, 5.41) is 10.8. The molecule has 12 heteroatoms. The zero-order chi connectivity index (χ0) is 26.6. The summed E-state index contributed by atoms with van der Waals surface area (Å²) in [6, 6.07) is 18.8. The van der Waals surface area contributed by atoms with Gasteiger partial charge in [0.25, 0.3) is 15.6 Å². The molecule has 3 aromatic carbocycles. The summed E-state index contributed by atoms with van der Waals surface area (Å²) >= 11 is 0. The van der Waals surface area contributed by atoms with Gasteiger partial charge in [0.15, 0.2) is 0 Å². The molecule has 37 heavy (non-hydrogen) atoms. The Kier molecular flexibility index (Phi) is 7.11. The molecule has 0 atom stereocenters. The van der Waals surface area contributed by atoms with Crippen LogP contribution >= 0.6 is 0 Å². The molecule has 0 aliphatic heterocycles. The number of nitrogens with one attached hydrogen (secondary N) is 2. The number of rotatable bonds is 8. The minimum absolute atomic E-state index is 0.0717. The molecule has 4 rings (SSSR count). The van der Waals surface area contributed by atoms with Crippen LogP contribution in [0, 0.1) is 0 Å². The van der Waals surface area contributed by atoms with Crippen molar-refractivity contribution in [3.05, 3.63) is 99.2 Å². The fourth-order valence-corrected chi connectivity index (χ4v) is 4.55. The van der Waals surface area contributed by atoms with E-state index in [1.165, 1.54) is 38.5 Å². The van der Waals surface area contributed by atoms with Crippen LogP contribution in [-0.2, 0) is 10.0 Å². The van der Waals surface area contributed by atoms with Gasteiger partial charge >= 0.3 is 5.69 Å². The number of aliphatic imine (C=N–C) groups is 1. The number of anilines is 1. The topological polar surface area (TPSA) is 152 Å². The van der Waals surface area contributed by atoms with Crippen molar-refractivity contribution >= 4 is 27.6 Å². The zero-order valence-electron chi connectivity index (χ0n) is 19.7. The Morgan fingerprint density at radius 2 is 1.62 bits per heavy atom. The van der Waals surface area contributed by atoms with E-state index in [2.05, 4.69) is 14.7 Å². The number of nitrogens with zero attached hydrogens (tertiary/aromatic N) is 2. The van der Waals surface area contributed by atoms with Crippen molar-refractivity contribution in [2.75, 3.05) is 18.9 Å². The third-order valence-electron chi connectivity index (χ3n) is 5.27. The lowest BCUT2D eigenvalue weighted by atomic mass is 10.2. The second-order valence-corrected chi connectivity index (χ2v) is 9.25. The minimum Gasteiger partial charge on any atom is -0.495 e. The van der Waals surface area contributed by atoms with E-state index in [1.54, 1.807) is 48.5 Å². The standard InChI is InChI=1S/C25H22N4O7S/c1-35-21-11-7-6-10-20(21)29-24(31)18(23(30)27-25(29)32)15-26-19-13-12-17(14-22(19)36-2)37(33,34)28-16-8-4-3-5-9-16/h3-15,28,31H,1-2H3,(H,27,30,32). The Hall–Kier alpha value is -4.84. The molecular formula is C25H22N4O7S. The molecule has 0 aliphatic carbocycles. The summed E-state index contributed by atoms with van der Waals surface area (Å²) in [5.41, 5.74) is -1.28. The summed E-state index contributed by atoms with van der Waals surface area (Å²) in [4.78, 5) is 31.2. The van der Waals surface area contributed by atoms with Gasteiger partial charge in [-0.15, -0.1) is 0 Å². The van der Waals surface area contributed by atoms with Gasteiger partial charge in [-0.2, -0.15) is 0 Å². The van der Waals surface area contributed by atoms with Crippen molar-refractivity contribution < 1.29 is 23.0 Å². The quantitative estimate of drug-likeness (QED) is 0.301. The van der Waals surface area contributed by atoms with E-state index in [0.717, 1.165) is 10.8 Å². The average Bonchev–Trinajstić information content (AvgIpc) is 2.89. The first-order chi connectivity index (χ1) is 17.7. The van der Waals surface area contributed by atoms with Crippen LogP contribution in [0.15, 0.2) is 92.3 Å². The first kappa shape index (κ1) is 25.3. The van der Waals surface area contributed by atoms with Crippen LogP contribution in [0.4, 0.5) is 11.4 Å². The number of para-hydroxylation sites is 3. The van der Waals surface area contributed by atoms with Gasteiger partial charge in [0.05, 0.1) is 24.8 Å². The number of sulfonamides is 1. The SMILES string of the molecule is COc1cc(S(=O)(=O)Nc2ccccc2)ccc1N=Cc1c(O)n(-c2ccccc2OC)c(=O)[nH]c1=O. The fourth-order valence-electron chi connectivity index (χ4n) is 3.48. The van der Waals surface area contributed by atoms with Crippen LogP contribution < -0.4 is 25.4 Å². The van der Waals surface area contributed by atoms with Crippen LogP contribution in [0.1, 0.15) is 5.56 Å². The third-order valence-corrected chi connectivity index (χ3v) is 6.65. The van der Waals surface area contributed by atoms with Gasteiger partial charge in [0.1, 0.15) is 22.7 Å². The largest absolute Gasteiger partial charge is 0.495 e. The second kappa shape index (κ2) is 10.4. The number of aromatic amines is 1. The van der Waals surface area contributed by atoms with E-state index in [4.69, 9.17) is 9.47 Å². The number of H-pyrrole nitrogens is 1. The van der Waals surface area contributed by atoms with E-state index in [0.29, 0.717) is 5.69 Å². The van der Waals surface area contributed by atoms with Crippen molar-refractivity contribution in [2.24, 2.45) is 4.99 Å². The molecule has 4 aromatic rings. The Balaban J connectivity index is 1.72. The highest BCUT2D eigenvalue weighted by Crippen LogP contribution is 2.31. The Labute approximate surface area is 211 Å². The summed E-state index contributed by atoms with van der Waals surface area (Å²) in [5.74, 6) is -0.272. The Bertz CT molecular complexity index is 1690. The molecule has 0 fully saturated rings. The summed E-state index contributed by atoms with van der Waals surface area (Å²) in [7, 11) is -1.18. The highest BCUT2D eigenvalue weighted by molar-refractivity contribution is 7.92. The number of ether oxygens (including phenoxy) is 2. The molecule has 0 bridgehead atoms. The first-order valence-electron chi connectivity index (χ1n) is 10.8. The van der Waals surface area contributed by atoms with E-state index in [-0.39, 0.29) is 33.3 Å². The summed E-state index contributed by atoms with van der Waals surface area (Å²) in [6.45, 7) is 0. The number of methoxy groups -OCH3 is 2. The number of aromatic hydroxyl groups is 1. The normalized spacial score (nSPS) is 11.4. The maximum Gasteiger partial charge on any atom is 0.335 e. The molecule has 190 valence electrons. The number of benzene rings is 3. The van der Waals surface area contributed by atoms with Crippen molar-refractivity contribution in [2.45, 2.75) is 4.90 Å². The van der Waals surface area contributed by atoms with E-state index in [9.17, 15) is 23.1 Å². The number of hydrogen-bond acceptors (Lipinski definition) is 8. The van der Waals surface area contributed by atoms with Crippen LogP contribution in [0.2, 0.25) is 0 Å². The van der Waals surface area contributed by atoms with Gasteiger partial charge in [-0.05, 0) is 36.4 Å². The van der Waals surface area contributed by atoms with Gasteiger partial charge in [0, 0.05) is 18.0 Å². The summed E-state index contributed by atoms with van der Waals surface area (Å²) in [6.07, 6.45) is 1.05. The zero-order valence-corrected chi connectivity index (χ0v) is 20.5. The molecule has 0 radical (unpaired) electrons. The fraction of sp³-hybridized carbons (Fsp3) is 0.0800.